The lowest BCUT2D eigenvalue weighted by Gasteiger charge is -2.15. The maximum absolute atomic E-state index is 12.2. The zero-order valence-corrected chi connectivity index (χ0v) is 32.6. The van der Waals surface area contributed by atoms with Gasteiger partial charge in [-0.25, -0.2) is 0 Å². The lowest BCUT2D eigenvalue weighted by atomic mass is 10.0. The number of carbonyl (C=O) groups is 2. The second-order valence-electron chi connectivity index (χ2n) is 13.7. The van der Waals surface area contributed by atoms with Crippen LogP contribution in [0.2, 0.25) is 0 Å². The van der Waals surface area contributed by atoms with Crippen molar-refractivity contribution in [1.29, 1.82) is 0 Å². The van der Waals surface area contributed by atoms with Crippen LogP contribution < -0.4 is 0 Å². The van der Waals surface area contributed by atoms with Gasteiger partial charge >= 0.3 is 11.9 Å². The first-order valence-corrected chi connectivity index (χ1v) is 20.8. The molecule has 0 spiro atoms. The average molecular weight is 699 g/mol. The summed E-state index contributed by atoms with van der Waals surface area (Å²) in [6.45, 7) is 3.96. The Balaban J connectivity index is 3.57. The van der Waals surface area contributed by atoms with E-state index in [9.17, 15) is 14.7 Å². The summed E-state index contributed by atoms with van der Waals surface area (Å²) in [7, 11) is 0. The highest BCUT2D eigenvalue weighted by Crippen LogP contribution is 2.14. The molecule has 0 saturated heterocycles. The van der Waals surface area contributed by atoms with Gasteiger partial charge in [0.15, 0.2) is 6.10 Å². The fourth-order valence-corrected chi connectivity index (χ4v) is 5.68. The molecule has 5 nitrogen and oxygen atoms in total. The van der Waals surface area contributed by atoms with Gasteiger partial charge < -0.3 is 14.6 Å². The molecular weight excluding hydrogens is 620 g/mol. The van der Waals surface area contributed by atoms with Crippen molar-refractivity contribution in [1.82, 2.24) is 0 Å². The summed E-state index contributed by atoms with van der Waals surface area (Å²) in [5, 5.41) is 9.55. The molecule has 1 atom stereocenters. The molecule has 1 unspecified atom stereocenters. The quantitative estimate of drug-likeness (QED) is 0.0397. The van der Waals surface area contributed by atoms with Crippen molar-refractivity contribution in [3.63, 3.8) is 0 Å². The Morgan fingerprint density at radius 1 is 0.480 bits per heavy atom. The van der Waals surface area contributed by atoms with Crippen LogP contribution in [0.25, 0.3) is 0 Å². The van der Waals surface area contributed by atoms with Gasteiger partial charge in [0.25, 0.3) is 0 Å². The number of hydrogen-bond donors (Lipinski definition) is 1. The SMILES string of the molecule is CC/C=C/C/C=C/C/C=C/CCCCCCCCCCCCCCCC(=O)OC(CO)COC(=O)CC/C=C/C/C=C/CCCCCCCC. The monoisotopic (exact) mass is 699 g/mol. The molecule has 0 heterocycles. The van der Waals surface area contributed by atoms with Crippen molar-refractivity contribution in [3.05, 3.63) is 60.8 Å². The van der Waals surface area contributed by atoms with Crippen LogP contribution in [0.5, 0.6) is 0 Å². The largest absolute Gasteiger partial charge is 0.462 e. The molecule has 0 aromatic carbocycles. The van der Waals surface area contributed by atoms with Crippen LogP contribution in [0.3, 0.4) is 0 Å². The fourth-order valence-electron chi connectivity index (χ4n) is 5.68. The lowest BCUT2D eigenvalue weighted by molar-refractivity contribution is -0.161. The van der Waals surface area contributed by atoms with Crippen LogP contribution in [-0.2, 0) is 19.1 Å². The third kappa shape index (κ3) is 38.4. The third-order valence-corrected chi connectivity index (χ3v) is 8.81. The number of rotatable bonds is 37. The predicted molar refractivity (Wildman–Crippen MR) is 214 cm³/mol. The van der Waals surface area contributed by atoms with E-state index in [2.05, 4.69) is 68.5 Å². The van der Waals surface area contributed by atoms with Crippen molar-refractivity contribution in [3.8, 4) is 0 Å². The smallest absolute Gasteiger partial charge is 0.306 e. The number of esters is 2. The van der Waals surface area contributed by atoms with Gasteiger partial charge in [-0.1, -0.05) is 177 Å². The first kappa shape index (κ1) is 47.6. The molecule has 0 aromatic heterocycles. The Kier molecular flexibility index (Phi) is 39.1. The highest BCUT2D eigenvalue weighted by Gasteiger charge is 2.15. The molecule has 50 heavy (non-hydrogen) atoms. The van der Waals surface area contributed by atoms with Crippen LogP contribution in [0.15, 0.2) is 60.8 Å². The average Bonchev–Trinajstić information content (AvgIpc) is 3.12. The first-order valence-electron chi connectivity index (χ1n) is 20.8. The number of unbranched alkanes of at least 4 members (excludes halogenated alkanes) is 19. The molecule has 0 aromatic rings. The van der Waals surface area contributed by atoms with Gasteiger partial charge in [-0.3, -0.25) is 9.59 Å². The van der Waals surface area contributed by atoms with Gasteiger partial charge in [-0.05, 0) is 64.2 Å². The van der Waals surface area contributed by atoms with E-state index in [0.717, 1.165) is 51.4 Å². The zero-order valence-electron chi connectivity index (χ0n) is 32.6. The Morgan fingerprint density at radius 3 is 1.38 bits per heavy atom. The second kappa shape index (κ2) is 41.0. The number of aliphatic hydroxyl groups is 1. The maximum atomic E-state index is 12.2. The molecule has 0 rings (SSSR count). The minimum Gasteiger partial charge on any atom is -0.462 e. The van der Waals surface area contributed by atoms with Gasteiger partial charge in [0, 0.05) is 12.8 Å². The number of ether oxygens (including phenoxy) is 2. The van der Waals surface area contributed by atoms with E-state index in [1.54, 1.807) is 0 Å². The molecule has 0 amide bonds. The number of aliphatic hydroxyl groups excluding tert-OH is 1. The van der Waals surface area contributed by atoms with E-state index in [-0.39, 0.29) is 31.6 Å². The molecule has 0 saturated carbocycles. The molecule has 0 fully saturated rings. The van der Waals surface area contributed by atoms with Crippen LogP contribution in [0, 0.1) is 0 Å². The molecule has 0 aliphatic heterocycles. The van der Waals surface area contributed by atoms with Crippen molar-refractivity contribution < 1.29 is 24.2 Å². The highest BCUT2D eigenvalue weighted by molar-refractivity contribution is 5.70. The number of allylic oxidation sites excluding steroid dienone is 10. The Hall–Kier alpha value is -2.40. The second-order valence-corrected chi connectivity index (χ2v) is 13.7. The van der Waals surface area contributed by atoms with Crippen molar-refractivity contribution in [2.75, 3.05) is 13.2 Å². The molecule has 0 bridgehead atoms. The Morgan fingerprint density at radius 2 is 0.900 bits per heavy atom. The first-order chi connectivity index (χ1) is 24.6. The van der Waals surface area contributed by atoms with E-state index in [1.807, 2.05) is 6.08 Å². The minimum atomic E-state index is -0.795. The van der Waals surface area contributed by atoms with E-state index in [4.69, 9.17) is 9.47 Å². The van der Waals surface area contributed by atoms with Crippen LogP contribution >= 0.6 is 0 Å². The zero-order chi connectivity index (χ0) is 36.4. The Bertz CT molecular complexity index is 884. The van der Waals surface area contributed by atoms with Gasteiger partial charge in [0.2, 0.25) is 0 Å². The highest BCUT2D eigenvalue weighted by atomic mass is 16.6. The summed E-state index contributed by atoms with van der Waals surface area (Å²) >= 11 is 0. The molecule has 1 N–H and O–H groups in total. The van der Waals surface area contributed by atoms with Gasteiger partial charge in [0.1, 0.15) is 6.61 Å². The molecule has 288 valence electrons. The topological polar surface area (TPSA) is 72.8 Å². The number of carbonyl (C=O) groups excluding carboxylic acids is 2. The van der Waals surface area contributed by atoms with Crippen molar-refractivity contribution in [2.45, 2.75) is 200 Å². The van der Waals surface area contributed by atoms with Crippen molar-refractivity contribution in [2.24, 2.45) is 0 Å². The van der Waals surface area contributed by atoms with Crippen LogP contribution in [-0.4, -0.2) is 36.4 Å². The van der Waals surface area contributed by atoms with Crippen molar-refractivity contribution >= 4 is 11.9 Å². The lowest BCUT2D eigenvalue weighted by Crippen LogP contribution is -2.28. The molecular formula is C45H78O5. The van der Waals surface area contributed by atoms with E-state index in [0.29, 0.717) is 12.8 Å². The Labute approximate surface area is 309 Å². The molecule has 0 aliphatic carbocycles. The summed E-state index contributed by atoms with van der Waals surface area (Å²) in [6.07, 6.45) is 53.0. The maximum Gasteiger partial charge on any atom is 0.306 e. The van der Waals surface area contributed by atoms with Crippen LogP contribution in [0.4, 0.5) is 0 Å². The van der Waals surface area contributed by atoms with Gasteiger partial charge in [-0.2, -0.15) is 0 Å². The van der Waals surface area contributed by atoms with E-state index in [1.165, 1.54) is 109 Å². The standard InChI is InChI=1S/C45H78O5/c1-3-5-7-9-11-13-15-17-18-19-20-21-22-23-24-25-26-28-30-32-34-36-38-40-45(48)50-43(41-46)42-49-44(47)39-37-35-33-31-29-27-16-14-12-10-8-6-4-2/h5,7,11,13,17-18,27,29,33,35,43,46H,3-4,6,8-10,12,14-16,19-26,28,30-32,34,36-42H2,1-2H3/b7-5+,13-11+,18-17+,29-27+,35-33+. The number of hydrogen-bond acceptors (Lipinski definition) is 5. The molecule has 0 radical (unpaired) electrons. The van der Waals surface area contributed by atoms with Crippen LogP contribution in [0.1, 0.15) is 194 Å². The molecule has 5 heteroatoms. The van der Waals surface area contributed by atoms with E-state index < -0.39 is 6.10 Å². The minimum absolute atomic E-state index is 0.0975. The van der Waals surface area contributed by atoms with Gasteiger partial charge in [0.05, 0.1) is 6.61 Å². The van der Waals surface area contributed by atoms with E-state index >= 15 is 0 Å². The predicted octanol–water partition coefficient (Wildman–Crippen LogP) is 13.2. The summed E-state index contributed by atoms with van der Waals surface area (Å²) in [4.78, 5) is 24.2. The fraction of sp³-hybridized carbons (Fsp3) is 0.733. The normalized spacial score (nSPS) is 12.8. The summed E-state index contributed by atoms with van der Waals surface area (Å²) in [5.41, 5.74) is 0. The van der Waals surface area contributed by atoms with Gasteiger partial charge in [-0.15, -0.1) is 0 Å². The summed E-state index contributed by atoms with van der Waals surface area (Å²) in [6, 6.07) is 0. The summed E-state index contributed by atoms with van der Waals surface area (Å²) < 4.78 is 10.6. The third-order valence-electron chi connectivity index (χ3n) is 8.81. The summed E-state index contributed by atoms with van der Waals surface area (Å²) in [5.74, 6) is -0.671. The molecule has 0 aliphatic rings.